The Morgan fingerprint density at radius 1 is 0.784 bits per heavy atom. The number of halogens is 2. The van der Waals surface area contributed by atoms with Gasteiger partial charge in [-0.2, -0.15) is 8.75 Å². The molecule has 0 spiro atoms. The van der Waals surface area contributed by atoms with Crippen molar-refractivity contribution >= 4 is 67.1 Å². The number of nitrogens with zero attached hydrogens (tertiary/aromatic N) is 2. The number of hydrogen-bond donors (Lipinski definition) is 0. The van der Waals surface area contributed by atoms with Gasteiger partial charge in [0.1, 0.15) is 11.0 Å². The molecule has 37 heavy (non-hydrogen) atoms. The predicted molar refractivity (Wildman–Crippen MR) is 151 cm³/mol. The van der Waals surface area contributed by atoms with Gasteiger partial charge in [0.2, 0.25) is 0 Å². The molecular formula is C28H20F2N2OS4. The highest BCUT2D eigenvalue weighted by Crippen LogP contribution is 2.64. The number of fused-ring (bicyclic) bond motifs is 10. The molecule has 5 heterocycles. The number of rotatable bonds is 1. The standard InChI is InChI=1S/C28H20F2N2OS4/c1-9-7-11-23(34-9)21-15(27(11,3)4)25-22(33-21)16-26(36-25)24-12(28(16,5)6)8-13(35-24)14-18(30)17(29)10(2)19-20(14)32-37-31-19/h7-8H,1-6H3. The van der Waals surface area contributed by atoms with Gasteiger partial charge in [0, 0.05) is 42.2 Å². The fourth-order valence-corrected chi connectivity index (χ4v) is 11.1. The highest BCUT2D eigenvalue weighted by Gasteiger charge is 2.48. The highest BCUT2D eigenvalue weighted by atomic mass is 32.1. The largest absolute Gasteiger partial charge is 0.454 e. The van der Waals surface area contributed by atoms with Gasteiger partial charge in [0.15, 0.2) is 23.0 Å². The number of aromatic nitrogens is 2. The van der Waals surface area contributed by atoms with Gasteiger partial charge in [-0.05, 0) is 37.1 Å². The van der Waals surface area contributed by atoms with Crippen molar-refractivity contribution < 1.29 is 13.2 Å². The first-order valence-corrected chi connectivity index (χ1v) is 15.2. The van der Waals surface area contributed by atoms with E-state index < -0.39 is 11.6 Å². The first-order valence-electron chi connectivity index (χ1n) is 12.0. The minimum absolute atomic E-state index is 0.126. The molecule has 0 saturated heterocycles. The summed E-state index contributed by atoms with van der Waals surface area (Å²) in [6, 6.07) is 4.31. The average Bonchev–Trinajstić information content (AvgIpc) is 3.64. The average molecular weight is 567 g/mol. The Morgan fingerprint density at radius 3 is 2.27 bits per heavy atom. The quantitative estimate of drug-likeness (QED) is 0.199. The van der Waals surface area contributed by atoms with Crippen LogP contribution in [0.5, 0.6) is 0 Å². The monoisotopic (exact) mass is 566 g/mol. The number of aryl methyl sites for hydroxylation is 2. The van der Waals surface area contributed by atoms with Gasteiger partial charge < -0.3 is 4.42 Å². The van der Waals surface area contributed by atoms with Crippen molar-refractivity contribution in [3.8, 4) is 30.8 Å². The molecule has 0 amide bonds. The molecule has 2 aliphatic carbocycles. The lowest BCUT2D eigenvalue weighted by molar-refractivity contribution is 0.508. The Balaban J connectivity index is 1.38. The van der Waals surface area contributed by atoms with E-state index in [2.05, 4.69) is 49.4 Å². The van der Waals surface area contributed by atoms with Crippen molar-refractivity contribution in [2.45, 2.75) is 52.4 Å². The molecule has 0 unspecified atom stereocenters. The van der Waals surface area contributed by atoms with Gasteiger partial charge in [-0.15, -0.1) is 34.0 Å². The van der Waals surface area contributed by atoms with Crippen LogP contribution in [0.15, 0.2) is 16.5 Å². The van der Waals surface area contributed by atoms with E-state index in [-0.39, 0.29) is 22.0 Å². The molecule has 0 fully saturated rings. The maximum absolute atomic E-state index is 15.3. The number of benzene rings is 1. The van der Waals surface area contributed by atoms with Crippen LogP contribution < -0.4 is 0 Å². The lowest BCUT2D eigenvalue weighted by Gasteiger charge is -2.20. The van der Waals surface area contributed by atoms with Gasteiger partial charge in [-0.3, -0.25) is 0 Å². The van der Waals surface area contributed by atoms with Crippen LogP contribution >= 0.6 is 45.7 Å². The molecule has 5 aromatic heterocycles. The van der Waals surface area contributed by atoms with E-state index in [1.165, 1.54) is 47.4 Å². The summed E-state index contributed by atoms with van der Waals surface area (Å²) in [6.07, 6.45) is 0. The lowest BCUT2D eigenvalue weighted by Crippen LogP contribution is -2.15. The molecule has 9 heteroatoms. The Bertz CT molecular complexity index is 2000. The molecule has 186 valence electrons. The van der Waals surface area contributed by atoms with E-state index in [1.807, 2.05) is 6.07 Å². The Labute approximate surface area is 227 Å². The van der Waals surface area contributed by atoms with Crippen molar-refractivity contribution in [3.05, 3.63) is 56.5 Å². The summed E-state index contributed by atoms with van der Waals surface area (Å²) in [5.74, 6) is -0.682. The van der Waals surface area contributed by atoms with Crippen molar-refractivity contribution in [1.82, 2.24) is 8.75 Å². The molecule has 8 rings (SSSR count). The van der Waals surface area contributed by atoms with Gasteiger partial charge in [-0.25, -0.2) is 8.78 Å². The van der Waals surface area contributed by atoms with E-state index in [0.29, 0.717) is 15.9 Å². The molecular weight excluding hydrogens is 547 g/mol. The summed E-state index contributed by atoms with van der Waals surface area (Å²) in [6.45, 7) is 12.7. The molecule has 1 aromatic carbocycles. The summed E-state index contributed by atoms with van der Waals surface area (Å²) < 4.78 is 46.7. The summed E-state index contributed by atoms with van der Waals surface area (Å²) in [5.41, 5.74) is 6.74. The van der Waals surface area contributed by atoms with Crippen LogP contribution in [-0.4, -0.2) is 8.75 Å². The van der Waals surface area contributed by atoms with Crippen LogP contribution in [0.25, 0.3) is 52.1 Å². The fourth-order valence-electron chi connectivity index (χ4n) is 6.26. The molecule has 6 aromatic rings. The number of furan rings is 1. The Kier molecular flexibility index (Phi) is 4.11. The second kappa shape index (κ2) is 6.75. The minimum atomic E-state index is -0.850. The van der Waals surface area contributed by atoms with Crippen LogP contribution in [0.4, 0.5) is 8.78 Å². The Hall–Kier alpha value is -2.46. The molecule has 0 aliphatic heterocycles. The molecule has 0 atom stereocenters. The lowest BCUT2D eigenvalue weighted by atomic mass is 9.81. The minimum Gasteiger partial charge on any atom is -0.454 e. The molecule has 0 N–H and O–H groups in total. The van der Waals surface area contributed by atoms with Crippen molar-refractivity contribution in [2.75, 3.05) is 0 Å². The summed E-state index contributed by atoms with van der Waals surface area (Å²) >= 11 is 6.08. The van der Waals surface area contributed by atoms with Gasteiger partial charge in [0.25, 0.3) is 0 Å². The van der Waals surface area contributed by atoms with E-state index in [9.17, 15) is 4.39 Å². The smallest absolute Gasteiger partial charge is 0.170 e. The zero-order valence-corrected chi connectivity index (χ0v) is 24.1. The third-order valence-corrected chi connectivity index (χ3v) is 12.3. The third-order valence-electron chi connectivity index (χ3n) is 8.19. The molecule has 3 nitrogen and oxygen atoms in total. The molecule has 0 bridgehead atoms. The van der Waals surface area contributed by atoms with Crippen molar-refractivity contribution in [1.29, 1.82) is 0 Å². The van der Waals surface area contributed by atoms with E-state index in [0.717, 1.165) is 33.5 Å². The second-order valence-electron chi connectivity index (χ2n) is 11.1. The van der Waals surface area contributed by atoms with Gasteiger partial charge >= 0.3 is 0 Å². The van der Waals surface area contributed by atoms with Crippen molar-refractivity contribution in [3.63, 3.8) is 0 Å². The van der Waals surface area contributed by atoms with Crippen LogP contribution in [0.1, 0.15) is 60.4 Å². The van der Waals surface area contributed by atoms with E-state index in [4.69, 9.17) is 4.42 Å². The van der Waals surface area contributed by atoms with Crippen LogP contribution in [0.2, 0.25) is 0 Å². The topological polar surface area (TPSA) is 38.9 Å². The third kappa shape index (κ3) is 2.50. The van der Waals surface area contributed by atoms with E-state index in [1.54, 1.807) is 29.6 Å². The normalized spacial score (nSPS) is 16.5. The first kappa shape index (κ1) is 22.5. The first-order chi connectivity index (χ1) is 17.5. The zero-order valence-electron chi connectivity index (χ0n) is 20.8. The zero-order chi connectivity index (χ0) is 25.8. The molecule has 0 saturated carbocycles. The summed E-state index contributed by atoms with van der Waals surface area (Å²) in [7, 11) is 0. The predicted octanol–water partition coefficient (Wildman–Crippen LogP) is 9.80. The summed E-state index contributed by atoms with van der Waals surface area (Å²) in [4.78, 5) is 5.52. The van der Waals surface area contributed by atoms with Crippen LogP contribution in [-0.2, 0) is 10.8 Å². The number of hydrogen-bond acceptors (Lipinski definition) is 7. The molecule has 2 aliphatic rings. The molecule has 0 radical (unpaired) electrons. The SMILES string of the molecule is Cc1cc2c(s1)-c1oc3c4c(sc3c1C2(C)C)-c1sc(-c2c(F)c(F)c(C)c3nsnc23)cc1C4(C)C. The van der Waals surface area contributed by atoms with Crippen LogP contribution in [0.3, 0.4) is 0 Å². The van der Waals surface area contributed by atoms with Crippen LogP contribution in [0, 0.1) is 25.5 Å². The second-order valence-corrected chi connectivity index (χ2v) is 14.9. The maximum atomic E-state index is 15.3. The van der Waals surface area contributed by atoms with Gasteiger partial charge in [-0.1, -0.05) is 27.7 Å². The highest BCUT2D eigenvalue weighted by molar-refractivity contribution is 7.28. The maximum Gasteiger partial charge on any atom is 0.170 e. The summed E-state index contributed by atoms with van der Waals surface area (Å²) in [5, 5.41) is 0. The Morgan fingerprint density at radius 2 is 1.49 bits per heavy atom. The fraction of sp³-hybridized carbons (Fsp3) is 0.286. The van der Waals surface area contributed by atoms with Gasteiger partial charge in [0.05, 0.1) is 31.7 Å². The van der Waals surface area contributed by atoms with Crippen molar-refractivity contribution in [2.24, 2.45) is 0 Å². The number of thiophene rings is 3. The van der Waals surface area contributed by atoms with E-state index >= 15 is 4.39 Å².